The molecule has 0 aliphatic heterocycles. The second-order valence-corrected chi connectivity index (χ2v) is 7.99. The summed E-state index contributed by atoms with van der Waals surface area (Å²) >= 11 is 2.61. The zero-order valence-electron chi connectivity index (χ0n) is 16.0. The van der Waals surface area contributed by atoms with E-state index in [0.29, 0.717) is 33.3 Å². The standard InChI is InChI=1S/C20H20N2O4S2/c1-5-26-14-8-6-13(7-9-14)15-10-27-19(16(15)20(24)25-4)22-18(23)17-11(2)21-12(3)28-17/h6-10H,5H2,1-4H3,(H,22,23). The third-order valence-corrected chi connectivity index (χ3v) is 5.96. The Labute approximate surface area is 171 Å². The molecule has 0 saturated carbocycles. The van der Waals surface area contributed by atoms with E-state index in [1.807, 2.05) is 43.5 Å². The molecular formula is C20H20N2O4S2. The Morgan fingerprint density at radius 2 is 1.89 bits per heavy atom. The lowest BCUT2D eigenvalue weighted by Gasteiger charge is -2.08. The Hall–Kier alpha value is -2.71. The van der Waals surface area contributed by atoms with Crippen molar-refractivity contribution in [2.75, 3.05) is 19.0 Å². The molecule has 1 N–H and O–H groups in total. The number of carbonyl (C=O) groups is 2. The molecule has 0 aliphatic carbocycles. The summed E-state index contributed by atoms with van der Waals surface area (Å²) in [6.07, 6.45) is 0. The van der Waals surface area contributed by atoms with Gasteiger partial charge in [0, 0.05) is 10.9 Å². The maximum atomic E-state index is 12.7. The first-order chi connectivity index (χ1) is 13.4. The number of ether oxygens (including phenoxy) is 2. The van der Waals surface area contributed by atoms with Crippen LogP contribution in [-0.2, 0) is 4.74 Å². The van der Waals surface area contributed by atoms with E-state index in [-0.39, 0.29) is 5.91 Å². The maximum absolute atomic E-state index is 12.7. The smallest absolute Gasteiger partial charge is 0.341 e. The van der Waals surface area contributed by atoms with Gasteiger partial charge in [0.15, 0.2) is 0 Å². The summed E-state index contributed by atoms with van der Waals surface area (Å²) < 4.78 is 10.4. The molecule has 0 bridgehead atoms. The van der Waals surface area contributed by atoms with Crippen molar-refractivity contribution in [2.24, 2.45) is 0 Å². The number of aryl methyl sites for hydroxylation is 2. The van der Waals surface area contributed by atoms with Gasteiger partial charge >= 0.3 is 5.97 Å². The minimum Gasteiger partial charge on any atom is -0.494 e. The number of aromatic nitrogens is 1. The summed E-state index contributed by atoms with van der Waals surface area (Å²) in [5.41, 5.74) is 2.55. The number of nitrogens with one attached hydrogen (secondary N) is 1. The topological polar surface area (TPSA) is 77.5 Å². The molecule has 28 heavy (non-hydrogen) atoms. The van der Waals surface area contributed by atoms with Crippen LogP contribution in [0.1, 0.15) is 37.7 Å². The molecule has 3 aromatic rings. The van der Waals surface area contributed by atoms with E-state index < -0.39 is 5.97 Å². The van der Waals surface area contributed by atoms with Crippen LogP contribution in [0.2, 0.25) is 0 Å². The predicted octanol–water partition coefficient (Wildman–Crippen LogP) is 4.93. The zero-order chi connectivity index (χ0) is 20.3. The summed E-state index contributed by atoms with van der Waals surface area (Å²) in [6.45, 7) is 6.14. The highest BCUT2D eigenvalue weighted by Crippen LogP contribution is 2.37. The molecule has 0 radical (unpaired) electrons. The van der Waals surface area contributed by atoms with Crippen LogP contribution in [0, 0.1) is 13.8 Å². The van der Waals surface area contributed by atoms with Crippen LogP contribution >= 0.6 is 22.7 Å². The first-order valence-electron chi connectivity index (χ1n) is 8.63. The number of thiazole rings is 1. The lowest BCUT2D eigenvalue weighted by molar-refractivity contribution is 0.0603. The fourth-order valence-corrected chi connectivity index (χ4v) is 4.53. The van der Waals surface area contributed by atoms with Gasteiger partial charge in [0.25, 0.3) is 5.91 Å². The van der Waals surface area contributed by atoms with Crippen LogP contribution < -0.4 is 10.1 Å². The molecule has 0 atom stereocenters. The van der Waals surface area contributed by atoms with E-state index in [1.54, 1.807) is 6.92 Å². The normalized spacial score (nSPS) is 10.6. The van der Waals surface area contributed by atoms with E-state index >= 15 is 0 Å². The number of benzene rings is 1. The molecule has 2 aromatic heterocycles. The quantitative estimate of drug-likeness (QED) is 0.577. The van der Waals surface area contributed by atoms with Crippen LogP contribution in [-0.4, -0.2) is 30.6 Å². The van der Waals surface area contributed by atoms with Gasteiger partial charge in [0.2, 0.25) is 0 Å². The average Bonchev–Trinajstić information content (AvgIpc) is 3.24. The Balaban J connectivity index is 1.95. The van der Waals surface area contributed by atoms with Gasteiger partial charge in [-0.05, 0) is 38.5 Å². The van der Waals surface area contributed by atoms with Crippen molar-refractivity contribution in [3.8, 4) is 16.9 Å². The summed E-state index contributed by atoms with van der Waals surface area (Å²) in [7, 11) is 1.32. The molecule has 6 nitrogen and oxygen atoms in total. The highest BCUT2D eigenvalue weighted by molar-refractivity contribution is 7.16. The van der Waals surface area contributed by atoms with E-state index in [9.17, 15) is 9.59 Å². The molecule has 2 heterocycles. The minimum atomic E-state index is -0.502. The van der Waals surface area contributed by atoms with Crippen molar-refractivity contribution >= 4 is 39.6 Å². The van der Waals surface area contributed by atoms with Gasteiger partial charge in [-0.25, -0.2) is 9.78 Å². The molecule has 1 aromatic carbocycles. The lowest BCUT2D eigenvalue weighted by Crippen LogP contribution is -2.14. The van der Waals surface area contributed by atoms with E-state index in [4.69, 9.17) is 9.47 Å². The van der Waals surface area contributed by atoms with Crippen LogP contribution in [0.25, 0.3) is 11.1 Å². The van der Waals surface area contributed by atoms with Crippen LogP contribution in [0.4, 0.5) is 5.00 Å². The number of carbonyl (C=O) groups excluding carboxylic acids is 2. The van der Waals surface area contributed by atoms with E-state index in [0.717, 1.165) is 16.3 Å². The molecular weight excluding hydrogens is 396 g/mol. The van der Waals surface area contributed by atoms with Gasteiger partial charge in [0.1, 0.15) is 21.2 Å². The first kappa shape index (κ1) is 20.0. The summed E-state index contributed by atoms with van der Waals surface area (Å²) in [5.74, 6) is -0.0309. The first-order valence-corrected chi connectivity index (χ1v) is 10.3. The van der Waals surface area contributed by atoms with Crippen LogP contribution in [0.3, 0.4) is 0 Å². The van der Waals surface area contributed by atoms with Gasteiger partial charge in [-0.1, -0.05) is 12.1 Å². The van der Waals surface area contributed by atoms with Crippen molar-refractivity contribution in [2.45, 2.75) is 20.8 Å². The molecule has 8 heteroatoms. The summed E-state index contributed by atoms with van der Waals surface area (Å²) in [6, 6.07) is 7.45. The number of esters is 1. The van der Waals surface area contributed by atoms with Crippen molar-refractivity contribution in [3.63, 3.8) is 0 Å². The molecule has 0 unspecified atom stereocenters. The average molecular weight is 417 g/mol. The molecule has 0 spiro atoms. The Kier molecular flexibility index (Phi) is 6.11. The highest BCUT2D eigenvalue weighted by Gasteiger charge is 2.24. The second kappa shape index (κ2) is 8.53. The number of anilines is 1. The van der Waals surface area contributed by atoms with Crippen molar-refractivity contribution in [1.82, 2.24) is 4.98 Å². The largest absolute Gasteiger partial charge is 0.494 e. The van der Waals surface area contributed by atoms with Gasteiger partial charge in [-0.2, -0.15) is 0 Å². The molecule has 1 amide bonds. The van der Waals surface area contributed by atoms with E-state index in [2.05, 4.69) is 10.3 Å². The Morgan fingerprint density at radius 3 is 2.46 bits per heavy atom. The molecule has 146 valence electrons. The molecule has 0 fully saturated rings. The zero-order valence-corrected chi connectivity index (χ0v) is 17.6. The van der Waals surface area contributed by atoms with Gasteiger partial charge in [0.05, 0.1) is 24.4 Å². The molecule has 3 rings (SSSR count). The number of thiophene rings is 1. The summed E-state index contributed by atoms with van der Waals surface area (Å²) in [4.78, 5) is 29.9. The third kappa shape index (κ3) is 4.07. The van der Waals surface area contributed by atoms with Gasteiger partial charge in [-0.3, -0.25) is 4.79 Å². The summed E-state index contributed by atoms with van der Waals surface area (Å²) in [5, 5.41) is 5.95. The maximum Gasteiger partial charge on any atom is 0.341 e. The van der Waals surface area contributed by atoms with Gasteiger partial charge < -0.3 is 14.8 Å². The van der Waals surface area contributed by atoms with Crippen molar-refractivity contribution < 1.29 is 19.1 Å². The number of amides is 1. The number of methoxy groups -OCH3 is 1. The Bertz CT molecular complexity index is 1010. The number of hydrogen-bond donors (Lipinski definition) is 1. The van der Waals surface area contributed by atoms with Crippen molar-refractivity contribution in [1.29, 1.82) is 0 Å². The van der Waals surface area contributed by atoms with E-state index in [1.165, 1.54) is 29.8 Å². The number of hydrogen-bond acceptors (Lipinski definition) is 7. The number of rotatable bonds is 6. The monoisotopic (exact) mass is 416 g/mol. The third-order valence-electron chi connectivity index (χ3n) is 3.99. The highest BCUT2D eigenvalue weighted by atomic mass is 32.1. The van der Waals surface area contributed by atoms with Gasteiger partial charge in [-0.15, -0.1) is 22.7 Å². The Morgan fingerprint density at radius 1 is 1.18 bits per heavy atom. The second-order valence-electron chi connectivity index (χ2n) is 5.90. The molecule has 0 saturated heterocycles. The van der Waals surface area contributed by atoms with Crippen LogP contribution in [0.15, 0.2) is 29.6 Å². The lowest BCUT2D eigenvalue weighted by atomic mass is 10.0. The predicted molar refractivity (Wildman–Crippen MR) is 112 cm³/mol. The SMILES string of the molecule is CCOc1ccc(-c2csc(NC(=O)c3sc(C)nc3C)c2C(=O)OC)cc1. The molecule has 0 aliphatic rings. The van der Waals surface area contributed by atoms with Crippen molar-refractivity contribution in [3.05, 3.63) is 50.8 Å². The minimum absolute atomic E-state index is 0.284. The fraction of sp³-hybridized carbons (Fsp3) is 0.250. The fourth-order valence-electron chi connectivity index (χ4n) is 2.77. The van der Waals surface area contributed by atoms with Crippen LogP contribution in [0.5, 0.6) is 5.75 Å². The number of nitrogens with zero attached hydrogens (tertiary/aromatic N) is 1.